The third-order valence-corrected chi connectivity index (χ3v) is 7.24. The number of carboxylic acid groups (broad SMARTS) is 1. The molecule has 0 atom stereocenters. The molecule has 0 heterocycles. The average Bonchev–Trinajstić information content (AvgIpc) is 2.72. The highest BCUT2D eigenvalue weighted by Crippen LogP contribution is 2.35. The van der Waals surface area contributed by atoms with Crippen LogP contribution in [0.2, 0.25) is 0 Å². The second-order valence-electron chi connectivity index (χ2n) is 9.66. The summed E-state index contributed by atoms with van der Waals surface area (Å²) < 4.78 is 10.8. The summed E-state index contributed by atoms with van der Waals surface area (Å²) in [5.74, 6) is -0.665. The van der Waals surface area contributed by atoms with E-state index in [0.717, 1.165) is 25.7 Å². The smallest absolute Gasteiger partial charge is 0.325 e. The van der Waals surface area contributed by atoms with Crippen LogP contribution in [0.5, 0.6) is 0 Å². The highest BCUT2D eigenvalue weighted by molar-refractivity contribution is 7.51. The lowest BCUT2D eigenvalue weighted by Gasteiger charge is -2.05. The zero-order valence-corrected chi connectivity index (χ0v) is 21.7. The van der Waals surface area contributed by atoms with E-state index in [4.69, 9.17) is 14.9 Å². The Labute approximate surface area is 198 Å². The van der Waals surface area contributed by atoms with Gasteiger partial charge in [-0.1, -0.05) is 135 Å². The van der Waals surface area contributed by atoms with E-state index in [-0.39, 0.29) is 6.16 Å². The van der Waals surface area contributed by atoms with E-state index >= 15 is 0 Å². The van der Waals surface area contributed by atoms with Crippen LogP contribution in [0.15, 0.2) is 0 Å². The summed E-state index contributed by atoms with van der Waals surface area (Å²) in [6, 6.07) is 0. The monoisotopic (exact) mass is 476 g/mol. The number of carbonyl (C=O) groups is 1. The predicted molar refractivity (Wildman–Crippen MR) is 135 cm³/mol. The quantitative estimate of drug-likeness (QED) is 0.0858. The molecule has 0 bridgehead atoms. The maximum absolute atomic E-state index is 10.8. The molecule has 0 saturated carbocycles. The molecule has 0 unspecified atom stereocenters. The van der Waals surface area contributed by atoms with Gasteiger partial charge in [0.1, 0.15) is 0 Å². The van der Waals surface area contributed by atoms with Gasteiger partial charge in [-0.05, 0) is 12.8 Å². The lowest BCUT2D eigenvalue weighted by Crippen LogP contribution is -1.93. The molecular formula is C26H53O5P. The van der Waals surface area contributed by atoms with Crippen molar-refractivity contribution in [1.29, 1.82) is 0 Å². The molecule has 6 heteroatoms. The van der Waals surface area contributed by atoms with Crippen LogP contribution in [0.25, 0.3) is 0 Å². The van der Waals surface area contributed by atoms with Gasteiger partial charge in [0.15, 0.2) is 0 Å². The molecule has 0 aliphatic heterocycles. The van der Waals surface area contributed by atoms with Crippen molar-refractivity contribution >= 4 is 13.6 Å². The van der Waals surface area contributed by atoms with Gasteiger partial charge in [-0.15, -0.1) is 0 Å². The molecule has 0 aromatic heterocycles. The molecule has 0 aromatic rings. The first kappa shape index (κ1) is 31.6. The second-order valence-corrected chi connectivity index (χ2v) is 11.4. The molecule has 0 amide bonds. The molecular weight excluding hydrogens is 423 g/mol. The lowest BCUT2D eigenvalue weighted by molar-refractivity contribution is -0.137. The molecule has 0 radical (unpaired) electrons. The summed E-state index contributed by atoms with van der Waals surface area (Å²) in [5, 5.41) is 8.59. The molecule has 0 aromatic carbocycles. The summed E-state index contributed by atoms with van der Waals surface area (Å²) in [7, 11) is -3.78. The molecule has 192 valence electrons. The molecule has 5 nitrogen and oxygen atoms in total. The van der Waals surface area contributed by atoms with Gasteiger partial charge in [0.05, 0.1) is 0 Å². The minimum Gasteiger partial charge on any atom is -0.481 e. The van der Waals surface area contributed by atoms with Crippen LogP contribution in [-0.2, 0) is 9.36 Å². The third-order valence-electron chi connectivity index (χ3n) is 6.34. The summed E-state index contributed by atoms with van der Waals surface area (Å²) in [4.78, 5) is 28.0. The highest BCUT2D eigenvalue weighted by Gasteiger charge is 2.10. The molecule has 0 rings (SSSR count). The fourth-order valence-corrected chi connectivity index (χ4v) is 4.94. The van der Waals surface area contributed by atoms with Crippen LogP contribution in [0, 0.1) is 0 Å². The molecule has 0 saturated heterocycles. The molecule has 0 fully saturated rings. The van der Waals surface area contributed by atoms with Crippen molar-refractivity contribution in [3.05, 3.63) is 0 Å². The van der Waals surface area contributed by atoms with Crippen LogP contribution in [0.1, 0.15) is 154 Å². The summed E-state index contributed by atoms with van der Waals surface area (Å²) in [6.45, 7) is 0. The van der Waals surface area contributed by atoms with E-state index in [1.165, 1.54) is 116 Å². The molecule has 0 aliphatic carbocycles. The van der Waals surface area contributed by atoms with E-state index < -0.39 is 13.6 Å². The lowest BCUT2D eigenvalue weighted by atomic mass is 10.0. The number of hydrogen-bond donors (Lipinski definition) is 3. The van der Waals surface area contributed by atoms with Gasteiger partial charge in [-0.2, -0.15) is 0 Å². The van der Waals surface area contributed by atoms with Crippen molar-refractivity contribution in [3.63, 3.8) is 0 Å². The van der Waals surface area contributed by atoms with Gasteiger partial charge in [0, 0.05) is 12.6 Å². The number of hydrogen-bond acceptors (Lipinski definition) is 2. The van der Waals surface area contributed by atoms with Gasteiger partial charge >= 0.3 is 13.6 Å². The molecule has 0 spiro atoms. The van der Waals surface area contributed by atoms with E-state index in [1.54, 1.807) is 0 Å². The minimum atomic E-state index is -3.78. The fraction of sp³-hybridized carbons (Fsp3) is 0.962. The Kier molecular flexibility index (Phi) is 23.5. The van der Waals surface area contributed by atoms with Crippen molar-refractivity contribution in [1.82, 2.24) is 0 Å². The Morgan fingerprint density at radius 1 is 0.438 bits per heavy atom. The van der Waals surface area contributed by atoms with E-state index in [1.807, 2.05) is 0 Å². The Balaban J connectivity index is 3.05. The Morgan fingerprint density at radius 3 is 0.875 bits per heavy atom. The minimum absolute atomic E-state index is 0.0485. The first-order chi connectivity index (χ1) is 15.4. The number of unbranched alkanes of at least 4 members (excludes halogenated alkanes) is 22. The number of aliphatic carboxylic acids is 1. The van der Waals surface area contributed by atoms with Crippen molar-refractivity contribution in [2.75, 3.05) is 6.16 Å². The van der Waals surface area contributed by atoms with Crippen LogP contribution in [0.3, 0.4) is 0 Å². The van der Waals surface area contributed by atoms with Gasteiger partial charge in [-0.25, -0.2) is 0 Å². The van der Waals surface area contributed by atoms with Gasteiger partial charge in [0.25, 0.3) is 0 Å². The normalized spacial score (nSPS) is 11.8. The molecule has 32 heavy (non-hydrogen) atoms. The first-order valence-corrected chi connectivity index (χ1v) is 15.5. The van der Waals surface area contributed by atoms with E-state index in [0.29, 0.717) is 12.8 Å². The third kappa shape index (κ3) is 29.6. The van der Waals surface area contributed by atoms with Crippen LogP contribution < -0.4 is 0 Å². The van der Waals surface area contributed by atoms with Crippen LogP contribution >= 0.6 is 7.60 Å². The Bertz CT molecular complexity index is 449. The largest absolute Gasteiger partial charge is 0.481 e. The van der Waals surface area contributed by atoms with Crippen molar-refractivity contribution < 1.29 is 24.3 Å². The standard InChI is InChI=1S/C26H53O5P/c27-26(28)24-22-20-18-16-14-12-10-8-6-4-2-1-3-5-7-9-11-13-15-17-19-21-23-25-32(29,30)31/h1-25H2,(H,27,28)(H2,29,30,31). The number of carboxylic acids is 1. The van der Waals surface area contributed by atoms with Gasteiger partial charge in [-0.3, -0.25) is 9.36 Å². The van der Waals surface area contributed by atoms with E-state index in [9.17, 15) is 9.36 Å². The van der Waals surface area contributed by atoms with Crippen LogP contribution in [-0.4, -0.2) is 27.0 Å². The second kappa shape index (κ2) is 23.8. The molecule has 0 aliphatic rings. The zero-order chi connectivity index (χ0) is 23.8. The summed E-state index contributed by atoms with van der Waals surface area (Å²) in [5.41, 5.74) is 0. The maximum atomic E-state index is 10.8. The van der Waals surface area contributed by atoms with Crippen LogP contribution in [0.4, 0.5) is 0 Å². The first-order valence-electron chi connectivity index (χ1n) is 13.7. The summed E-state index contributed by atoms with van der Waals surface area (Å²) in [6.07, 6.45) is 29.0. The van der Waals surface area contributed by atoms with Gasteiger partial charge in [0.2, 0.25) is 0 Å². The SMILES string of the molecule is O=C(O)CCCCCCCCCCCCCCCCCCCCCCCCCP(=O)(O)O. The van der Waals surface area contributed by atoms with Crippen molar-refractivity contribution in [2.24, 2.45) is 0 Å². The van der Waals surface area contributed by atoms with Crippen molar-refractivity contribution in [3.8, 4) is 0 Å². The molecule has 3 N–H and O–H groups in total. The fourth-order valence-electron chi connectivity index (χ4n) is 4.31. The zero-order valence-electron chi connectivity index (χ0n) is 20.8. The Morgan fingerprint density at radius 2 is 0.656 bits per heavy atom. The maximum Gasteiger partial charge on any atom is 0.325 e. The predicted octanol–water partition coefficient (Wildman–Crippen LogP) is 8.61. The number of rotatable bonds is 26. The topological polar surface area (TPSA) is 94.8 Å². The Hall–Kier alpha value is -0.380. The highest BCUT2D eigenvalue weighted by atomic mass is 31.2. The van der Waals surface area contributed by atoms with E-state index in [2.05, 4.69) is 0 Å². The average molecular weight is 477 g/mol. The van der Waals surface area contributed by atoms with Gasteiger partial charge < -0.3 is 14.9 Å². The van der Waals surface area contributed by atoms with Crippen molar-refractivity contribution in [2.45, 2.75) is 154 Å². The summed E-state index contributed by atoms with van der Waals surface area (Å²) >= 11 is 0.